The Morgan fingerprint density at radius 3 is 2.35 bits per heavy atom. The second-order valence-electron chi connectivity index (χ2n) is 7.06. The van der Waals surface area contributed by atoms with Crippen molar-refractivity contribution < 1.29 is 0 Å². The molecule has 1 saturated carbocycles. The van der Waals surface area contributed by atoms with Crippen LogP contribution in [0.1, 0.15) is 72.1 Å². The monoisotopic (exact) mass is 279 g/mol. The van der Waals surface area contributed by atoms with Crippen molar-refractivity contribution in [1.29, 1.82) is 5.26 Å². The minimum atomic E-state index is -0.160. The lowest BCUT2D eigenvalue weighted by atomic mass is 9.88. The third kappa shape index (κ3) is 6.24. The molecule has 0 bridgehead atoms. The molecule has 1 aliphatic carbocycles. The highest BCUT2D eigenvalue weighted by Gasteiger charge is 2.23. The standard InChI is InChI=1S/C17H33N3/c1-4-12-20(16-9-7-15(19)8-10-16)13-6-5-11-17(2,3)14-18/h15-16H,4-13,19H2,1-3H3. The van der Waals surface area contributed by atoms with Gasteiger partial charge in [-0.15, -0.1) is 0 Å². The number of nitrogens with two attached hydrogens (primary N) is 1. The van der Waals surface area contributed by atoms with Crippen LogP contribution in [0.5, 0.6) is 0 Å². The normalized spacial score (nSPS) is 23.8. The quantitative estimate of drug-likeness (QED) is 0.689. The maximum absolute atomic E-state index is 9.04. The summed E-state index contributed by atoms with van der Waals surface area (Å²) in [6.07, 6.45) is 9.53. The van der Waals surface area contributed by atoms with Gasteiger partial charge in [-0.25, -0.2) is 0 Å². The molecule has 0 atom stereocenters. The van der Waals surface area contributed by atoms with Gasteiger partial charge in [0.05, 0.1) is 11.5 Å². The zero-order chi connectivity index (χ0) is 15.0. The summed E-state index contributed by atoms with van der Waals surface area (Å²) in [5.41, 5.74) is 5.85. The van der Waals surface area contributed by atoms with Crippen LogP contribution >= 0.6 is 0 Å². The van der Waals surface area contributed by atoms with Gasteiger partial charge in [0.25, 0.3) is 0 Å². The van der Waals surface area contributed by atoms with Gasteiger partial charge in [0.2, 0.25) is 0 Å². The Balaban J connectivity index is 2.30. The first kappa shape index (κ1) is 17.5. The fourth-order valence-corrected chi connectivity index (χ4v) is 3.17. The van der Waals surface area contributed by atoms with Crippen LogP contribution in [0.3, 0.4) is 0 Å². The average Bonchev–Trinajstić information content (AvgIpc) is 2.43. The topological polar surface area (TPSA) is 53.0 Å². The van der Waals surface area contributed by atoms with Crippen LogP contribution < -0.4 is 5.73 Å². The number of hydrogen-bond donors (Lipinski definition) is 1. The highest BCUT2D eigenvalue weighted by atomic mass is 15.1. The zero-order valence-corrected chi connectivity index (χ0v) is 13.7. The van der Waals surface area contributed by atoms with Crippen LogP contribution in [0.2, 0.25) is 0 Å². The van der Waals surface area contributed by atoms with Crippen molar-refractivity contribution in [2.75, 3.05) is 13.1 Å². The van der Waals surface area contributed by atoms with Crippen LogP contribution in [0.25, 0.3) is 0 Å². The molecule has 0 aromatic heterocycles. The molecule has 2 N–H and O–H groups in total. The van der Waals surface area contributed by atoms with Crippen LogP contribution in [0.4, 0.5) is 0 Å². The van der Waals surface area contributed by atoms with Gasteiger partial charge in [-0.2, -0.15) is 5.26 Å². The fraction of sp³-hybridized carbons (Fsp3) is 0.941. The Morgan fingerprint density at radius 1 is 1.15 bits per heavy atom. The molecule has 0 heterocycles. The molecule has 3 nitrogen and oxygen atoms in total. The van der Waals surface area contributed by atoms with Gasteiger partial charge in [0.1, 0.15) is 0 Å². The van der Waals surface area contributed by atoms with E-state index in [1.807, 2.05) is 13.8 Å². The Kier molecular flexibility index (Phi) is 7.55. The van der Waals surface area contributed by atoms with Crippen molar-refractivity contribution in [1.82, 2.24) is 4.90 Å². The maximum Gasteiger partial charge on any atom is 0.0683 e. The lowest BCUT2D eigenvalue weighted by Gasteiger charge is -2.36. The van der Waals surface area contributed by atoms with E-state index in [9.17, 15) is 0 Å². The smallest absolute Gasteiger partial charge is 0.0683 e. The molecule has 0 aromatic carbocycles. The van der Waals surface area contributed by atoms with E-state index in [2.05, 4.69) is 17.9 Å². The van der Waals surface area contributed by atoms with Crippen molar-refractivity contribution in [3.05, 3.63) is 0 Å². The summed E-state index contributed by atoms with van der Waals surface area (Å²) in [5.74, 6) is 0. The van der Waals surface area contributed by atoms with Crippen LogP contribution in [0, 0.1) is 16.7 Å². The summed E-state index contributed by atoms with van der Waals surface area (Å²) in [6.45, 7) is 8.75. The number of nitrogens with zero attached hydrogens (tertiary/aromatic N) is 2. The molecule has 1 fully saturated rings. The summed E-state index contributed by atoms with van der Waals surface area (Å²) >= 11 is 0. The second-order valence-corrected chi connectivity index (χ2v) is 7.06. The molecule has 0 aromatic rings. The third-order valence-corrected chi connectivity index (χ3v) is 4.57. The third-order valence-electron chi connectivity index (χ3n) is 4.57. The highest BCUT2D eigenvalue weighted by molar-refractivity contribution is 4.91. The first-order valence-corrected chi connectivity index (χ1v) is 8.39. The van der Waals surface area contributed by atoms with Crippen molar-refractivity contribution >= 4 is 0 Å². The SMILES string of the molecule is CCCN(CCCCC(C)(C)C#N)C1CCC(N)CC1. The first-order valence-electron chi connectivity index (χ1n) is 8.39. The van der Waals surface area contributed by atoms with Gasteiger partial charge in [-0.3, -0.25) is 0 Å². The Hall–Kier alpha value is -0.590. The predicted molar refractivity (Wildman–Crippen MR) is 85.3 cm³/mol. The summed E-state index contributed by atoms with van der Waals surface area (Å²) in [6, 6.07) is 3.58. The molecule has 0 unspecified atom stereocenters. The lowest BCUT2D eigenvalue weighted by Crippen LogP contribution is -2.41. The summed E-state index contributed by atoms with van der Waals surface area (Å²) in [5, 5.41) is 9.04. The molecular weight excluding hydrogens is 246 g/mol. The van der Waals surface area contributed by atoms with Crippen molar-refractivity contribution in [3.8, 4) is 6.07 Å². The zero-order valence-electron chi connectivity index (χ0n) is 13.7. The second kappa shape index (κ2) is 8.64. The lowest BCUT2D eigenvalue weighted by molar-refractivity contribution is 0.146. The number of hydrogen-bond acceptors (Lipinski definition) is 3. The molecule has 0 saturated heterocycles. The molecule has 20 heavy (non-hydrogen) atoms. The van der Waals surface area contributed by atoms with E-state index in [1.165, 1.54) is 51.6 Å². The summed E-state index contributed by atoms with van der Waals surface area (Å²) < 4.78 is 0. The minimum Gasteiger partial charge on any atom is -0.328 e. The van der Waals surface area contributed by atoms with Gasteiger partial charge >= 0.3 is 0 Å². The van der Waals surface area contributed by atoms with Gasteiger partial charge in [0, 0.05) is 12.1 Å². The number of nitriles is 1. The molecule has 0 amide bonds. The van der Waals surface area contributed by atoms with E-state index in [0.29, 0.717) is 6.04 Å². The molecule has 3 heteroatoms. The minimum absolute atomic E-state index is 0.160. The van der Waals surface area contributed by atoms with Crippen molar-refractivity contribution in [2.45, 2.75) is 84.2 Å². The largest absolute Gasteiger partial charge is 0.328 e. The molecule has 116 valence electrons. The Labute approximate surface area is 125 Å². The number of unbranched alkanes of at least 4 members (excludes halogenated alkanes) is 1. The van der Waals surface area contributed by atoms with E-state index in [1.54, 1.807) is 0 Å². The van der Waals surface area contributed by atoms with E-state index in [0.717, 1.165) is 18.9 Å². The Bertz CT molecular complexity index is 298. The van der Waals surface area contributed by atoms with E-state index in [-0.39, 0.29) is 5.41 Å². The molecule has 1 aliphatic rings. The predicted octanol–water partition coefficient (Wildman–Crippen LogP) is 3.69. The number of rotatable bonds is 8. The molecular formula is C17H33N3. The molecule has 0 spiro atoms. The molecule has 1 rings (SSSR count). The highest BCUT2D eigenvalue weighted by Crippen LogP contribution is 2.24. The average molecular weight is 279 g/mol. The van der Waals surface area contributed by atoms with Crippen molar-refractivity contribution in [2.24, 2.45) is 11.1 Å². The van der Waals surface area contributed by atoms with Gasteiger partial charge in [-0.1, -0.05) is 13.3 Å². The van der Waals surface area contributed by atoms with Crippen LogP contribution in [-0.4, -0.2) is 30.1 Å². The van der Waals surface area contributed by atoms with Gasteiger partial charge in [-0.05, 0) is 71.9 Å². The molecule has 0 aliphatic heterocycles. The van der Waals surface area contributed by atoms with E-state index < -0.39 is 0 Å². The van der Waals surface area contributed by atoms with E-state index >= 15 is 0 Å². The van der Waals surface area contributed by atoms with Gasteiger partial charge < -0.3 is 10.6 Å². The first-order chi connectivity index (χ1) is 9.48. The van der Waals surface area contributed by atoms with Crippen molar-refractivity contribution in [3.63, 3.8) is 0 Å². The fourth-order valence-electron chi connectivity index (χ4n) is 3.17. The maximum atomic E-state index is 9.04. The van der Waals surface area contributed by atoms with Gasteiger partial charge in [0.15, 0.2) is 0 Å². The van der Waals surface area contributed by atoms with Crippen LogP contribution in [-0.2, 0) is 0 Å². The summed E-state index contributed by atoms with van der Waals surface area (Å²) in [4.78, 5) is 2.67. The Morgan fingerprint density at radius 2 is 1.80 bits per heavy atom. The van der Waals surface area contributed by atoms with Crippen LogP contribution in [0.15, 0.2) is 0 Å². The van der Waals surface area contributed by atoms with E-state index in [4.69, 9.17) is 11.0 Å². The summed E-state index contributed by atoms with van der Waals surface area (Å²) in [7, 11) is 0. The molecule has 0 radical (unpaired) electrons.